The summed E-state index contributed by atoms with van der Waals surface area (Å²) in [7, 11) is 0. The van der Waals surface area contributed by atoms with E-state index in [1.54, 1.807) is 0 Å². The van der Waals surface area contributed by atoms with Crippen LogP contribution in [-0.4, -0.2) is 49.2 Å². The molecule has 6 heteroatoms. The molecule has 5 rings (SSSR count). The second-order valence-corrected chi connectivity index (χ2v) is 8.71. The molecule has 0 aromatic heterocycles. The number of anilines is 2. The van der Waals surface area contributed by atoms with Crippen LogP contribution in [0, 0.1) is 24.2 Å². The fourth-order valence-electron chi connectivity index (χ4n) is 4.90. The maximum absolute atomic E-state index is 12.5. The third-order valence-electron chi connectivity index (χ3n) is 6.67. The van der Waals surface area contributed by atoms with Gasteiger partial charge in [0, 0.05) is 50.5 Å². The van der Waals surface area contributed by atoms with Crippen molar-refractivity contribution in [1.82, 2.24) is 4.90 Å². The minimum Gasteiger partial charge on any atom is -0.369 e. The highest BCUT2D eigenvalue weighted by Crippen LogP contribution is 2.32. The fraction of sp³-hybridized carbons (Fsp3) is 0.400. The number of amides is 1. The number of aryl methyl sites for hydroxylation is 1. The van der Waals surface area contributed by atoms with Crippen LogP contribution in [0.4, 0.5) is 11.4 Å². The van der Waals surface area contributed by atoms with Gasteiger partial charge in [0.2, 0.25) is 5.91 Å². The Morgan fingerprint density at radius 2 is 2.00 bits per heavy atom. The van der Waals surface area contributed by atoms with E-state index in [0.717, 1.165) is 80.2 Å². The van der Waals surface area contributed by atoms with Crippen LogP contribution in [0.15, 0.2) is 41.4 Å². The van der Waals surface area contributed by atoms with Crippen molar-refractivity contribution in [3.63, 3.8) is 0 Å². The van der Waals surface area contributed by atoms with Gasteiger partial charge in [-0.15, -0.1) is 0 Å². The first-order chi connectivity index (χ1) is 15.1. The van der Waals surface area contributed by atoms with Crippen molar-refractivity contribution in [2.45, 2.75) is 26.3 Å². The Morgan fingerprint density at radius 1 is 1.16 bits per heavy atom. The van der Waals surface area contributed by atoms with Gasteiger partial charge in [-0.05, 0) is 55.2 Å². The lowest BCUT2D eigenvalue weighted by molar-refractivity contribution is -0.118. The zero-order chi connectivity index (χ0) is 21.4. The van der Waals surface area contributed by atoms with Crippen LogP contribution in [0.5, 0.6) is 0 Å². The molecule has 1 fully saturated rings. The number of carbonyl (C=O) groups is 1. The quantitative estimate of drug-likeness (QED) is 0.838. The Morgan fingerprint density at radius 3 is 2.77 bits per heavy atom. The smallest absolute Gasteiger partial charge is 0.233 e. The topological polar surface area (TPSA) is 71.7 Å². The number of nitriles is 1. The predicted octanol–water partition coefficient (Wildman–Crippen LogP) is 3.34. The molecule has 1 unspecified atom stereocenters. The highest BCUT2D eigenvalue weighted by atomic mass is 16.2. The first-order valence-electron chi connectivity index (χ1n) is 11.1. The van der Waals surface area contributed by atoms with Crippen molar-refractivity contribution in [2.24, 2.45) is 10.9 Å². The summed E-state index contributed by atoms with van der Waals surface area (Å²) in [6.45, 7) is 7.59. The summed E-state index contributed by atoms with van der Waals surface area (Å²) < 4.78 is 0. The number of hydrogen-bond donors (Lipinski definition) is 1. The van der Waals surface area contributed by atoms with Crippen molar-refractivity contribution in [3.8, 4) is 6.07 Å². The second kappa shape index (κ2) is 8.16. The summed E-state index contributed by atoms with van der Waals surface area (Å²) >= 11 is 0. The van der Waals surface area contributed by atoms with Gasteiger partial charge in [-0.2, -0.15) is 5.26 Å². The molecule has 0 bridgehead atoms. The van der Waals surface area contributed by atoms with Gasteiger partial charge >= 0.3 is 0 Å². The molecule has 1 saturated heterocycles. The molecule has 1 atom stereocenters. The first kappa shape index (κ1) is 19.8. The second-order valence-electron chi connectivity index (χ2n) is 8.71. The Kier molecular flexibility index (Phi) is 5.21. The van der Waals surface area contributed by atoms with Crippen molar-refractivity contribution in [1.29, 1.82) is 5.26 Å². The zero-order valence-corrected chi connectivity index (χ0v) is 17.9. The number of nitrogens with zero attached hydrogens (tertiary/aromatic N) is 4. The van der Waals surface area contributed by atoms with E-state index in [1.165, 1.54) is 11.3 Å². The molecule has 31 heavy (non-hydrogen) atoms. The number of hydrogen-bond acceptors (Lipinski definition) is 5. The number of benzene rings is 2. The molecule has 158 valence electrons. The van der Waals surface area contributed by atoms with Crippen LogP contribution in [-0.2, 0) is 11.3 Å². The third-order valence-corrected chi connectivity index (χ3v) is 6.67. The summed E-state index contributed by atoms with van der Waals surface area (Å²) in [5, 5.41) is 12.3. The van der Waals surface area contributed by atoms with Gasteiger partial charge in [-0.3, -0.25) is 14.7 Å². The number of rotatable bonds is 3. The van der Waals surface area contributed by atoms with Crippen LogP contribution in [0.3, 0.4) is 0 Å². The lowest BCUT2D eigenvalue weighted by atomic mass is 9.85. The summed E-state index contributed by atoms with van der Waals surface area (Å²) in [5.41, 5.74) is 7.16. The van der Waals surface area contributed by atoms with Gasteiger partial charge in [0.15, 0.2) is 0 Å². The predicted molar refractivity (Wildman–Crippen MR) is 123 cm³/mol. The Bertz CT molecular complexity index is 1090. The van der Waals surface area contributed by atoms with E-state index in [2.05, 4.69) is 56.5 Å². The lowest BCUT2D eigenvalue weighted by Gasteiger charge is -2.36. The molecule has 6 nitrogen and oxygen atoms in total. The third kappa shape index (κ3) is 3.82. The molecule has 3 aliphatic rings. The van der Waals surface area contributed by atoms with Crippen LogP contribution in [0.1, 0.15) is 35.1 Å². The van der Waals surface area contributed by atoms with Gasteiger partial charge in [0.05, 0.1) is 28.9 Å². The molecule has 0 saturated carbocycles. The van der Waals surface area contributed by atoms with Gasteiger partial charge < -0.3 is 10.2 Å². The van der Waals surface area contributed by atoms with Crippen LogP contribution < -0.4 is 10.2 Å². The maximum Gasteiger partial charge on any atom is 0.233 e. The van der Waals surface area contributed by atoms with Crippen molar-refractivity contribution in [3.05, 3.63) is 58.7 Å². The summed E-state index contributed by atoms with van der Waals surface area (Å²) in [4.78, 5) is 22.0. The highest BCUT2D eigenvalue weighted by Gasteiger charge is 2.33. The minimum absolute atomic E-state index is 0.0777. The number of piperazine rings is 1. The maximum atomic E-state index is 12.5. The van der Waals surface area contributed by atoms with E-state index in [9.17, 15) is 4.79 Å². The van der Waals surface area contributed by atoms with Crippen molar-refractivity contribution >= 4 is 23.0 Å². The molecule has 2 aromatic carbocycles. The zero-order valence-electron chi connectivity index (χ0n) is 17.9. The largest absolute Gasteiger partial charge is 0.369 e. The van der Waals surface area contributed by atoms with Gasteiger partial charge in [-0.1, -0.05) is 12.1 Å². The van der Waals surface area contributed by atoms with Gasteiger partial charge in [-0.25, -0.2) is 0 Å². The number of aliphatic imine (C=N–C) groups is 1. The van der Waals surface area contributed by atoms with Crippen molar-refractivity contribution in [2.75, 3.05) is 42.9 Å². The molecule has 2 aromatic rings. The molecular weight excluding hydrogens is 386 g/mol. The molecule has 3 heterocycles. The van der Waals surface area contributed by atoms with Crippen LogP contribution in [0.25, 0.3) is 0 Å². The normalized spacial score (nSPS) is 20.9. The van der Waals surface area contributed by atoms with Crippen molar-refractivity contribution < 1.29 is 4.79 Å². The van der Waals surface area contributed by atoms with E-state index in [4.69, 9.17) is 5.26 Å². The summed E-state index contributed by atoms with van der Waals surface area (Å²) in [6, 6.07) is 14.8. The fourth-order valence-corrected chi connectivity index (χ4v) is 4.90. The van der Waals surface area contributed by atoms with E-state index in [1.807, 2.05) is 13.0 Å². The van der Waals surface area contributed by atoms with E-state index in [0.29, 0.717) is 0 Å². The standard InChI is InChI=1S/C25H27N5O/c1-17-13-20(6-5-19(17)15-26)30-11-9-29(10-12-30)16-18-4-7-21-23(14-18)28-25(31)22-3-2-8-27-24(21)22/h4-7,13-14,22H,2-3,8-12,16H2,1H3,(H,28,31). The Balaban J connectivity index is 1.25. The van der Waals surface area contributed by atoms with Crippen LogP contribution in [0.2, 0.25) is 0 Å². The van der Waals surface area contributed by atoms with Gasteiger partial charge in [0.1, 0.15) is 0 Å². The molecular formula is C25H27N5O. The highest BCUT2D eigenvalue weighted by molar-refractivity contribution is 6.23. The number of fused-ring (bicyclic) bond motifs is 3. The van der Waals surface area contributed by atoms with E-state index >= 15 is 0 Å². The van der Waals surface area contributed by atoms with E-state index < -0.39 is 0 Å². The molecule has 3 aliphatic heterocycles. The van der Waals surface area contributed by atoms with Gasteiger partial charge in [0.25, 0.3) is 0 Å². The lowest BCUT2D eigenvalue weighted by Crippen LogP contribution is -2.46. The molecule has 0 aliphatic carbocycles. The molecule has 0 spiro atoms. The number of carbonyl (C=O) groups excluding carboxylic acids is 1. The minimum atomic E-state index is -0.0777. The summed E-state index contributed by atoms with van der Waals surface area (Å²) in [6.07, 6.45) is 1.89. The SMILES string of the molecule is Cc1cc(N2CCN(Cc3ccc4c(c3)NC(=O)C3CCCN=C43)CC2)ccc1C#N. The van der Waals surface area contributed by atoms with Crippen LogP contribution >= 0.6 is 0 Å². The Hall–Kier alpha value is -3.17. The van der Waals surface area contributed by atoms with E-state index in [-0.39, 0.29) is 11.8 Å². The molecule has 1 N–H and O–H groups in total. The number of nitrogens with one attached hydrogen (secondary N) is 1. The summed E-state index contributed by atoms with van der Waals surface area (Å²) in [5.74, 6) is 0.0143. The Labute approximate surface area is 183 Å². The molecule has 1 amide bonds. The monoisotopic (exact) mass is 413 g/mol. The average molecular weight is 414 g/mol. The molecule has 0 radical (unpaired) electrons. The average Bonchev–Trinajstić information content (AvgIpc) is 2.79. The first-order valence-corrected chi connectivity index (χ1v) is 11.1.